The molecule has 15 heteroatoms. The van der Waals surface area contributed by atoms with Gasteiger partial charge < -0.3 is 56.8 Å². The normalized spacial score (nSPS) is 22.1. The van der Waals surface area contributed by atoms with Gasteiger partial charge in [-0.1, -0.05) is 219 Å². The molecule has 8 aromatic rings. The van der Waals surface area contributed by atoms with Crippen molar-refractivity contribution in [2.45, 2.75) is 120 Å². The van der Waals surface area contributed by atoms with Gasteiger partial charge in [-0.2, -0.15) is 5.26 Å². The quantitative estimate of drug-likeness (QED) is 0.0268. The lowest BCUT2D eigenvalue weighted by atomic mass is 9.93. The Morgan fingerprint density at radius 3 is 1.21 bits per heavy atom. The van der Waals surface area contributed by atoms with Crippen LogP contribution in [0, 0.1) is 11.3 Å². The molecule has 0 aliphatic carbocycles. The number of benzene rings is 8. The van der Waals surface area contributed by atoms with Crippen LogP contribution in [-0.4, -0.2) is 105 Å². The number of ether oxygens (including phenoxy) is 9. The van der Waals surface area contributed by atoms with E-state index in [-0.39, 0.29) is 38.6 Å². The van der Waals surface area contributed by atoms with Crippen LogP contribution in [0.2, 0.25) is 0 Å². The van der Waals surface area contributed by atoms with Crippen molar-refractivity contribution in [3.05, 3.63) is 263 Å². The van der Waals surface area contributed by atoms with E-state index in [9.17, 15) is 9.90 Å². The summed E-state index contributed by atoms with van der Waals surface area (Å²) in [5, 5.41) is 21.3. The highest BCUT2D eigenvalue weighted by molar-refractivity contribution is 7.46. The lowest BCUT2D eigenvalue weighted by Gasteiger charge is -2.46. The van der Waals surface area contributed by atoms with Gasteiger partial charge in [0.15, 0.2) is 8.38 Å². The van der Waals surface area contributed by atoms with E-state index in [1.165, 1.54) is 0 Å². The smallest absolute Gasteiger partial charge is 0.338 e. The number of rotatable bonds is 29. The van der Waals surface area contributed by atoms with Gasteiger partial charge in [0.1, 0.15) is 61.5 Å². The number of aliphatic hydroxyl groups excluding tert-OH is 1. The molecule has 87 heavy (non-hydrogen) atoms. The predicted octanol–water partition coefficient (Wildman–Crippen LogP) is 13.3. The first kappa shape index (κ1) is 64.4. The van der Waals surface area contributed by atoms with Crippen LogP contribution in [0.4, 0.5) is 0 Å². The fraction of sp³-hybridized carbons (Fsp3) is 0.333. The van der Waals surface area contributed by atoms with Crippen molar-refractivity contribution in [1.29, 1.82) is 5.26 Å². The van der Waals surface area contributed by atoms with Crippen molar-refractivity contribution in [2.24, 2.45) is 0 Å². The fourth-order valence-electron chi connectivity index (χ4n) is 10.5. The molecule has 2 saturated heterocycles. The van der Waals surface area contributed by atoms with Crippen LogP contribution in [0.3, 0.4) is 0 Å². The Labute approximate surface area is 512 Å². The first-order valence-electron chi connectivity index (χ1n) is 29.7. The van der Waals surface area contributed by atoms with E-state index >= 15 is 0 Å². The SMILES string of the molecule is CC[C@H]1O[C@@H](COP(C)OCCC#N)[C@H](OCc2ccccc2)[C@@H](OCc2ccccc2)[C@@H]1OCc1ccccc1.O=C(OC[C@@H]1O[C@H](CO)[C@@H](OCc2ccccc2)[C@H](OCc2ccccc2)[C@H]1OCc1ccccc1)c1ccc2ccccc2c1. The second-order valence-corrected chi connectivity index (χ2v) is 22.6. The first-order valence-corrected chi connectivity index (χ1v) is 31.4. The minimum atomic E-state index is -1.17. The van der Waals surface area contributed by atoms with Crippen LogP contribution >= 0.6 is 8.38 Å². The van der Waals surface area contributed by atoms with Crippen LogP contribution in [0.15, 0.2) is 224 Å². The molecule has 11 atom stereocenters. The number of nitriles is 1. The summed E-state index contributed by atoms with van der Waals surface area (Å²) >= 11 is 0. The summed E-state index contributed by atoms with van der Waals surface area (Å²) < 4.78 is 70.2. The van der Waals surface area contributed by atoms with E-state index in [4.69, 9.17) is 56.9 Å². The number of esters is 1. The van der Waals surface area contributed by atoms with Crippen molar-refractivity contribution >= 4 is 25.1 Å². The molecule has 0 spiro atoms. The maximum absolute atomic E-state index is 13.3. The van der Waals surface area contributed by atoms with E-state index in [1.807, 2.05) is 201 Å². The Balaban J connectivity index is 0.000000209. The second kappa shape index (κ2) is 35.1. The number of carbonyl (C=O) groups excluding carboxylic acids is 1. The minimum Gasteiger partial charge on any atom is -0.459 e. The average Bonchev–Trinajstić information content (AvgIpc) is 3.24. The Morgan fingerprint density at radius 1 is 0.448 bits per heavy atom. The molecule has 0 aromatic heterocycles. The molecular weight excluding hydrogens is 1120 g/mol. The predicted molar refractivity (Wildman–Crippen MR) is 334 cm³/mol. The summed E-state index contributed by atoms with van der Waals surface area (Å²) in [4.78, 5) is 13.3. The molecule has 10 rings (SSSR count). The molecule has 2 fully saturated rings. The number of aliphatic hydroxyl groups is 1. The van der Waals surface area contributed by atoms with Crippen molar-refractivity contribution in [2.75, 3.05) is 33.1 Å². The van der Waals surface area contributed by atoms with Crippen LogP contribution in [0.25, 0.3) is 10.8 Å². The molecule has 14 nitrogen and oxygen atoms in total. The van der Waals surface area contributed by atoms with Gasteiger partial charge in [0.2, 0.25) is 0 Å². The van der Waals surface area contributed by atoms with Gasteiger partial charge in [-0.3, -0.25) is 0 Å². The molecule has 0 bridgehead atoms. The molecule has 1 N–H and O–H groups in total. The number of carbonyl (C=O) groups is 1. The summed E-state index contributed by atoms with van der Waals surface area (Å²) in [5.41, 5.74) is 6.60. The topological polar surface area (TPSA) is 163 Å². The third-order valence-corrected chi connectivity index (χ3v) is 16.1. The number of hydrogen-bond acceptors (Lipinski definition) is 14. The summed E-state index contributed by atoms with van der Waals surface area (Å²) in [6.07, 6.45) is -4.23. The van der Waals surface area contributed by atoms with Gasteiger partial charge in [0.05, 0.1) is 83.6 Å². The van der Waals surface area contributed by atoms with E-state index in [0.717, 1.165) is 50.6 Å². The molecule has 8 aromatic carbocycles. The second-order valence-electron chi connectivity index (χ2n) is 21.2. The van der Waals surface area contributed by atoms with Gasteiger partial charge in [-0.25, -0.2) is 4.79 Å². The van der Waals surface area contributed by atoms with E-state index in [2.05, 4.69) is 37.3 Å². The fourth-order valence-corrected chi connectivity index (χ4v) is 11.3. The molecule has 2 aliphatic heterocycles. The first-order chi connectivity index (χ1) is 42.8. The standard InChI is InChI=1S/C39H38O7.C33H40NO6P/c40-23-34-36(42-24-28-12-4-1-5-13-28)38(44-26-30-16-8-3-9-17-30)37(43-25-29-14-6-2-7-15-29)35(46-34)27-45-39(41)33-21-20-31-18-10-11-19-32(31)22-33;1-3-29-31(35-22-26-14-7-4-8-15-26)33(37-24-28-18-11-6-12-19-28)32(36-23-27-16-9-5-10-17-27)30(40-29)25-39-41(2)38-21-13-20-34/h1-22,34-38,40H,23-27H2;4-12,14-19,29-33H,3,13,21-25H2,1-2H3/t34-,35+,36-,37+,38+;29-,30+,31-,32+,33+,41?/m11/s1. The Morgan fingerprint density at radius 2 is 0.805 bits per heavy atom. The van der Waals surface area contributed by atoms with E-state index in [1.54, 1.807) is 6.07 Å². The number of hydrogen-bond donors (Lipinski definition) is 1. The molecule has 0 radical (unpaired) electrons. The van der Waals surface area contributed by atoms with Crippen LogP contribution in [0.1, 0.15) is 63.5 Å². The van der Waals surface area contributed by atoms with Gasteiger partial charge in [-0.15, -0.1) is 0 Å². The van der Waals surface area contributed by atoms with E-state index < -0.39 is 63.2 Å². The third kappa shape index (κ3) is 19.7. The van der Waals surface area contributed by atoms with Gasteiger partial charge >= 0.3 is 5.97 Å². The molecule has 0 amide bonds. The highest BCUT2D eigenvalue weighted by Gasteiger charge is 2.50. The summed E-state index contributed by atoms with van der Waals surface area (Å²) in [5.74, 6) is -0.471. The Kier molecular flexibility index (Phi) is 26.0. The van der Waals surface area contributed by atoms with Crippen LogP contribution < -0.4 is 0 Å². The Hall–Kier alpha value is -7.03. The average molecular weight is 1200 g/mol. The summed E-state index contributed by atoms with van der Waals surface area (Å²) in [6.45, 7) is 6.33. The molecule has 0 saturated carbocycles. The lowest BCUT2D eigenvalue weighted by molar-refractivity contribution is -0.274. The highest BCUT2D eigenvalue weighted by atomic mass is 31.2. The lowest BCUT2D eigenvalue weighted by Crippen LogP contribution is -2.62. The van der Waals surface area contributed by atoms with E-state index in [0.29, 0.717) is 51.6 Å². The minimum absolute atomic E-state index is 0.0990. The van der Waals surface area contributed by atoms with Gasteiger partial charge in [0, 0.05) is 6.66 Å². The van der Waals surface area contributed by atoms with Crippen molar-refractivity contribution in [3.63, 3.8) is 0 Å². The van der Waals surface area contributed by atoms with Crippen LogP contribution in [-0.2, 0) is 91.3 Å². The zero-order valence-electron chi connectivity index (χ0n) is 49.4. The largest absolute Gasteiger partial charge is 0.459 e. The maximum Gasteiger partial charge on any atom is 0.338 e. The molecule has 2 heterocycles. The summed E-state index contributed by atoms with van der Waals surface area (Å²) in [7, 11) is -1.17. The maximum atomic E-state index is 13.3. The zero-order valence-corrected chi connectivity index (χ0v) is 50.3. The summed E-state index contributed by atoms with van der Waals surface area (Å²) in [6, 6.07) is 75.3. The zero-order chi connectivity index (χ0) is 60.3. The molecule has 454 valence electrons. The third-order valence-electron chi connectivity index (χ3n) is 15.0. The van der Waals surface area contributed by atoms with Gasteiger partial charge in [0.25, 0.3) is 0 Å². The molecule has 2 aliphatic rings. The van der Waals surface area contributed by atoms with Gasteiger partial charge in [-0.05, 0) is 62.7 Å². The molecule has 1 unspecified atom stereocenters. The van der Waals surface area contributed by atoms with Crippen molar-refractivity contribution in [3.8, 4) is 6.07 Å². The number of nitrogens with zero attached hydrogens (tertiary/aromatic N) is 1. The van der Waals surface area contributed by atoms with Crippen LogP contribution in [0.5, 0.6) is 0 Å². The highest BCUT2D eigenvalue weighted by Crippen LogP contribution is 2.38. The van der Waals surface area contributed by atoms with Crippen molar-refractivity contribution < 1.29 is 61.6 Å². The Bertz CT molecular complexity index is 3260. The number of fused-ring (bicyclic) bond motifs is 1. The monoisotopic (exact) mass is 1200 g/mol. The molecular formula is C72H78NO13P. The van der Waals surface area contributed by atoms with Crippen molar-refractivity contribution in [1.82, 2.24) is 0 Å².